The molecule has 0 bridgehead atoms. The molecule has 0 radical (unpaired) electrons. The maximum atomic E-state index is 2.75. The van der Waals surface area contributed by atoms with Crippen LogP contribution in [0.4, 0.5) is 51.2 Å². The van der Waals surface area contributed by atoms with Gasteiger partial charge < -0.3 is 14.7 Å². The maximum Gasteiger partial charge on any atom is 0.252 e. The Kier molecular flexibility index (Phi) is 12.6. The van der Waals surface area contributed by atoms with Crippen LogP contribution in [0, 0.1) is 0 Å². The number of nitrogens with zero attached hydrogens (tertiary/aromatic N) is 3. The van der Waals surface area contributed by atoms with E-state index in [9.17, 15) is 0 Å². The highest BCUT2D eigenvalue weighted by Crippen LogP contribution is 2.59. The molecule has 4 heteroatoms. The molecule has 3 nitrogen and oxygen atoms in total. The minimum atomic E-state index is -0.276. The molecule has 6 aliphatic rings. The molecule has 0 N–H and O–H groups in total. The van der Waals surface area contributed by atoms with Crippen LogP contribution in [0.1, 0.15) is 243 Å². The first-order valence-electron chi connectivity index (χ1n) is 34.5. The fourth-order valence-corrected chi connectivity index (χ4v) is 19.5. The van der Waals surface area contributed by atoms with Crippen molar-refractivity contribution in [3.8, 4) is 0 Å². The minimum Gasteiger partial charge on any atom is -0.311 e. The van der Waals surface area contributed by atoms with E-state index >= 15 is 0 Å². The summed E-state index contributed by atoms with van der Waals surface area (Å²) < 4.78 is 0. The third-order valence-electron chi connectivity index (χ3n) is 24.0. The van der Waals surface area contributed by atoms with Gasteiger partial charge in [0.1, 0.15) is 0 Å². The van der Waals surface area contributed by atoms with Gasteiger partial charge in [-0.3, -0.25) is 0 Å². The summed E-state index contributed by atoms with van der Waals surface area (Å²) in [7, 11) is 0. The molecule has 15 rings (SSSR count). The van der Waals surface area contributed by atoms with Crippen molar-refractivity contribution in [1.82, 2.24) is 0 Å². The lowest BCUT2D eigenvalue weighted by molar-refractivity contribution is 0.403. The largest absolute Gasteiger partial charge is 0.311 e. The van der Waals surface area contributed by atoms with Gasteiger partial charge in [0.2, 0.25) is 0 Å². The van der Waals surface area contributed by atoms with Crippen molar-refractivity contribution in [2.45, 2.75) is 219 Å². The number of hydrogen-bond acceptors (Lipinski definition) is 3. The normalized spacial score (nSPS) is 19.5. The molecule has 9 aromatic rings. The van der Waals surface area contributed by atoms with Gasteiger partial charge in [0.05, 0.1) is 5.69 Å². The number of rotatable bonds is 5. The van der Waals surface area contributed by atoms with Crippen molar-refractivity contribution in [3.05, 3.63) is 248 Å². The topological polar surface area (TPSA) is 9.72 Å². The summed E-state index contributed by atoms with van der Waals surface area (Å²) >= 11 is 0. The van der Waals surface area contributed by atoms with E-state index in [0.29, 0.717) is 0 Å². The zero-order chi connectivity index (χ0) is 65.5. The molecular formula is C88H98BN3. The molecule has 0 unspecified atom stereocenters. The van der Waals surface area contributed by atoms with E-state index in [-0.39, 0.29) is 60.9 Å². The Hall–Kier alpha value is -7.56. The van der Waals surface area contributed by atoms with E-state index < -0.39 is 0 Å². The van der Waals surface area contributed by atoms with Crippen molar-refractivity contribution >= 4 is 74.3 Å². The fraction of sp³-hybridized carbons (Fsp3) is 0.386. The molecular weight excluding hydrogens is 1110 g/mol. The van der Waals surface area contributed by atoms with E-state index in [2.05, 4.69) is 337 Å². The van der Waals surface area contributed by atoms with Crippen LogP contribution in [-0.4, -0.2) is 6.71 Å². The summed E-state index contributed by atoms with van der Waals surface area (Å²) in [5, 5.41) is 0. The average Bonchev–Trinajstić information content (AvgIpc) is 0.845. The number of anilines is 9. The average molecular weight is 1210 g/mol. The number of benzene rings is 9. The van der Waals surface area contributed by atoms with Crippen molar-refractivity contribution in [3.63, 3.8) is 0 Å². The number of hydrogen-bond donors (Lipinski definition) is 0. The van der Waals surface area contributed by atoms with Gasteiger partial charge in [-0.15, -0.1) is 0 Å². The summed E-state index contributed by atoms with van der Waals surface area (Å²) in [6.45, 7) is 53.5. The van der Waals surface area contributed by atoms with Crippen LogP contribution >= 0.6 is 0 Å². The van der Waals surface area contributed by atoms with Gasteiger partial charge in [-0.25, -0.2) is 0 Å². The molecule has 0 aromatic heterocycles. The van der Waals surface area contributed by atoms with Crippen molar-refractivity contribution in [2.24, 2.45) is 0 Å². The SMILES string of the molecule is CC(C)(C)c1ccc(N(c2ccc(C(C)(C)C)cc2)c2cc3c4c(c2)N(c2ccc5c(c2)C(C)(C)CC5(C)C)c2cc5c(cc2B4c2cc4c(cc2N3c2ccc3c(c2)C(C)(C)c2ccccc2C3(C)C)C(C)(C)CC4(C)C)C(C)(C)c2ccccc2C5(C)C)cc1. The smallest absolute Gasteiger partial charge is 0.252 e. The van der Waals surface area contributed by atoms with E-state index in [4.69, 9.17) is 0 Å². The van der Waals surface area contributed by atoms with Crippen LogP contribution in [-0.2, 0) is 54.1 Å². The van der Waals surface area contributed by atoms with Gasteiger partial charge in [0.15, 0.2) is 0 Å². The molecule has 468 valence electrons. The minimum absolute atomic E-state index is 0.0140. The van der Waals surface area contributed by atoms with Crippen LogP contribution < -0.4 is 31.1 Å². The van der Waals surface area contributed by atoms with Crippen molar-refractivity contribution < 1.29 is 0 Å². The van der Waals surface area contributed by atoms with Gasteiger partial charge >= 0.3 is 0 Å². The Morgan fingerprint density at radius 1 is 0.304 bits per heavy atom. The first-order chi connectivity index (χ1) is 42.9. The highest BCUT2D eigenvalue weighted by Gasteiger charge is 2.52. The summed E-state index contributed by atoms with van der Waals surface area (Å²) in [5.74, 6) is 0. The Labute approximate surface area is 552 Å². The van der Waals surface area contributed by atoms with E-state index in [1.807, 2.05) is 0 Å². The summed E-state index contributed by atoms with van der Waals surface area (Å²) in [6.07, 6.45) is 2.18. The first kappa shape index (κ1) is 60.7. The molecule has 0 amide bonds. The maximum absolute atomic E-state index is 2.75. The zero-order valence-electron chi connectivity index (χ0n) is 59.5. The monoisotopic (exact) mass is 1210 g/mol. The lowest BCUT2D eigenvalue weighted by atomic mass is 9.32. The molecule has 0 atom stereocenters. The standard InChI is InChI=1S/C88H98BN3/c1-79(2,3)53-31-35-55(36-32-53)90(56-37-33-54(34-38-56)80(4,5)6)59-45-76-78-77(46-59)92(58-40-42-65-69(44-58)86(17,18)62-28-24-23-27-61(62)85(65,15)16)74-49-68-67(83(11,12)52-84(68,13)14)47-72(74)89(78)73-48-70-71(88(21,22)64-30-26-25-29-63(64)87(70,19)20)50-75(73)91(76)57-39-41-60-66(43-57)82(9,10)51-81(60,7)8/h23-50H,51-52H2,1-22H3. The quantitative estimate of drug-likeness (QED) is 0.159. The fourth-order valence-electron chi connectivity index (χ4n) is 19.5. The molecule has 4 aliphatic carbocycles. The Morgan fingerprint density at radius 3 is 1.04 bits per heavy atom. The predicted octanol–water partition coefficient (Wildman–Crippen LogP) is 21.7. The third-order valence-corrected chi connectivity index (χ3v) is 24.0. The van der Waals surface area contributed by atoms with Gasteiger partial charge in [-0.05, 0) is 212 Å². The Morgan fingerprint density at radius 2 is 0.620 bits per heavy atom. The molecule has 0 spiro atoms. The lowest BCUT2D eigenvalue weighted by Gasteiger charge is -2.49. The van der Waals surface area contributed by atoms with Crippen molar-refractivity contribution in [2.75, 3.05) is 14.7 Å². The molecule has 92 heavy (non-hydrogen) atoms. The lowest BCUT2D eigenvalue weighted by Crippen LogP contribution is -2.62. The second-order valence-electron chi connectivity index (χ2n) is 35.8. The van der Waals surface area contributed by atoms with Gasteiger partial charge in [-0.2, -0.15) is 0 Å². The summed E-state index contributed by atoms with van der Waals surface area (Å²) in [5.41, 5.74) is 33.6. The molecule has 0 fully saturated rings. The summed E-state index contributed by atoms with van der Waals surface area (Å²) in [6, 6.07) is 68.8. The molecule has 2 aliphatic heterocycles. The van der Waals surface area contributed by atoms with E-state index in [1.54, 1.807) is 0 Å². The van der Waals surface area contributed by atoms with Crippen LogP contribution in [0.3, 0.4) is 0 Å². The number of fused-ring (bicyclic) bond motifs is 10. The van der Waals surface area contributed by atoms with Crippen molar-refractivity contribution in [1.29, 1.82) is 0 Å². The Bertz CT molecular complexity index is 4540. The zero-order valence-corrected chi connectivity index (χ0v) is 59.5. The molecule has 2 heterocycles. The molecule has 0 saturated carbocycles. The van der Waals surface area contributed by atoms with Crippen LogP contribution in [0.2, 0.25) is 0 Å². The molecule has 0 saturated heterocycles. The summed E-state index contributed by atoms with van der Waals surface area (Å²) in [4.78, 5) is 8.07. The highest BCUT2D eigenvalue weighted by molar-refractivity contribution is 7.00. The highest BCUT2D eigenvalue weighted by atomic mass is 15.2. The van der Waals surface area contributed by atoms with Gasteiger partial charge in [0.25, 0.3) is 6.71 Å². The van der Waals surface area contributed by atoms with Gasteiger partial charge in [-0.1, -0.05) is 249 Å². The first-order valence-corrected chi connectivity index (χ1v) is 34.5. The van der Waals surface area contributed by atoms with E-state index in [1.165, 1.54) is 128 Å². The second kappa shape index (κ2) is 19.1. The van der Waals surface area contributed by atoms with E-state index in [0.717, 1.165) is 29.9 Å². The predicted molar refractivity (Wildman–Crippen MR) is 395 cm³/mol. The second-order valence-corrected chi connectivity index (χ2v) is 35.8. The van der Waals surface area contributed by atoms with Crippen LogP contribution in [0.5, 0.6) is 0 Å². The third kappa shape index (κ3) is 8.58. The van der Waals surface area contributed by atoms with Gasteiger partial charge in [0, 0.05) is 67.2 Å². The Balaban J connectivity index is 1.11. The van der Waals surface area contributed by atoms with Crippen LogP contribution in [0.25, 0.3) is 0 Å². The van der Waals surface area contributed by atoms with Crippen LogP contribution in [0.15, 0.2) is 170 Å². The molecule has 9 aromatic carbocycles.